The third-order valence-electron chi connectivity index (χ3n) is 6.94. The first kappa shape index (κ1) is 28.0. The molecule has 3 aromatic rings. The number of rotatable bonds is 8. The lowest BCUT2D eigenvalue weighted by molar-refractivity contribution is -0.189. The Kier molecular flexibility index (Phi) is 8.56. The molecule has 0 bridgehead atoms. The van der Waals surface area contributed by atoms with Gasteiger partial charge in [0.05, 0.1) is 29.5 Å². The third kappa shape index (κ3) is 6.45. The van der Waals surface area contributed by atoms with Gasteiger partial charge in [-0.15, -0.1) is 0 Å². The number of carbonyl (C=O) groups excluding carboxylic acids is 1. The number of benzene rings is 2. The number of urea groups is 1. The number of halogens is 3. The van der Waals surface area contributed by atoms with Gasteiger partial charge in [-0.05, 0) is 36.2 Å². The summed E-state index contributed by atoms with van der Waals surface area (Å²) < 4.78 is 20.8. The third-order valence-corrected chi connectivity index (χ3v) is 7.77. The highest BCUT2D eigenvalue weighted by Gasteiger charge is 2.45. The van der Waals surface area contributed by atoms with Gasteiger partial charge >= 0.3 is 6.03 Å². The second kappa shape index (κ2) is 11.9. The van der Waals surface area contributed by atoms with E-state index >= 15 is 0 Å². The zero-order valence-electron chi connectivity index (χ0n) is 21.5. The number of hydrogen-bond acceptors (Lipinski definition) is 6. The van der Waals surface area contributed by atoms with E-state index in [0.717, 1.165) is 30.8 Å². The first-order valence-corrected chi connectivity index (χ1v) is 13.8. The molecule has 0 spiro atoms. The lowest BCUT2D eigenvalue weighted by atomic mass is 10.1. The minimum Gasteiger partial charge on any atom is -0.489 e. The fourth-order valence-corrected chi connectivity index (χ4v) is 5.91. The summed E-state index contributed by atoms with van der Waals surface area (Å²) in [4.78, 5) is 19.4. The van der Waals surface area contributed by atoms with Crippen LogP contribution < -0.4 is 10.5 Å². The van der Waals surface area contributed by atoms with Gasteiger partial charge in [-0.25, -0.2) is 9.78 Å². The van der Waals surface area contributed by atoms with Gasteiger partial charge in [0.1, 0.15) is 18.5 Å². The van der Waals surface area contributed by atoms with Crippen molar-refractivity contribution in [1.29, 1.82) is 0 Å². The van der Waals surface area contributed by atoms with Crippen molar-refractivity contribution in [3.63, 3.8) is 0 Å². The van der Waals surface area contributed by atoms with Crippen molar-refractivity contribution in [2.24, 2.45) is 5.73 Å². The van der Waals surface area contributed by atoms with Gasteiger partial charge in [0, 0.05) is 55.7 Å². The molecule has 1 aromatic heterocycles. The Morgan fingerprint density at radius 2 is 1.95 bits per heavy atom. The minimum atomic E-state index is -1.13. The molecule has 2 atom stereocenters. The van der Waals surface area contributed by atoms with Gasteiger partial charge in [0.25, 0.3) is 0 Å². The Labute approximate surface area is 242 Å². The van der Waals surface area contributed by atoms with Crippen LogP contribution in [0.4, 0.5) is 4.79 Å². The smallest absolute Gasteiger partial charge is 0.314 e. The average molecular weight is 595 g/mol. The lowest BCUT2D eigenvalue weighted by Gasteiger charge is -2.33. The normalized spacial score (nSPS) is 21.8. The Bertz CT molecular complexity index is 1290. The summed E-state index contributed by atoms with van der Waals surface area (Å²) in [5.74, 6) is -0.517. The van der Waals surface area contributed by atoms with Crippen LogP contribution in [0.1, 0.15) is 16.7 Å². The fraction of sp³-hybridized carbons (Fsp3) is 0.407. The second-order valence-electron chi connectivity index (χ2n) is 9.80. The lowest BCUT2D eigenvalue weighted by Crippen LogP contribution is -2.50. The van der Waals surface area contributed by atoms with Crippen molar-refractivity contribution >= 4 is 40.8 Å². The molecule has 39 heavy (non-hydrogen) atoms. The fourth-order valence-electron chi connectivity index (χ4n) is 5.01. The SMILES string of the molecule is Cc1cc(CN2CCN(C(N)=O)CC2)cc(Cl)c1OCC1COC(Cn2ccnc2)(c2ccc(Cl)cc2Cl)O1. The summed E-state index contributed by atoms with van der Waals surface area (Å²) in [6.45, 7) is 6.36. The van der Waals surface area contributed by atoms with E-state index in [1.807, 2.05) is 29.8 Å². The monoisotopic (exact) mass is 593 g/mol. The Balaban J connectivity index is 1.24. The van der Waals surface area contributed by atoms with E-state index in [4.69, 9.17) is 54.7 Å². The minimum absolute atomic E-state index is 0.242. The van der Waals surface area contributed by atoms with E-state index in [0.29, 0.717) is 52.6 Å². The van der Waals surface area contributed by atoms with Crippen LogP contribution in [0.3, 0.4) is 0 Å². The topological polar surface area (TPSA) is 95.1 Å². The predicted octanol–water partition coefficient (Wildman–Crippen LogP) is 4.70. The number of hydrogen-bond donors (Lipinski definition) is 1. The highest BCUT2D eigenvalue weighted by molar-refractivity contribution is 6.35. The maximum atomic E-state index is 11.4. The van der Waals surface area contributed by atoms with Crippen molar-refractivity contribution in [3.05, 3.63) is 80.8 Å². The van der Waals surface area contributed by atoms with E-state index < -0.39 is 5.79 Å². The number of nitrogens with two attached hydrogens (primary N) is 1. The first-order chi connectivity index (χ1) is 18.7. The van der Waals surface area contributed by atoms with Crippen molar-refractivity contribution in [2.75, 3.05) is 39.4 Å². The van der Waals surface area contributed by atoms with Crippen molar-refractivity contribution in [2.45, 2.75) is 31.9 Å². The number of nitrogens with zero attached hydrogens (tertiary/aromatic N) is 4. The molecule has 3 heterocycles. The Morgan fingerprint density at radius 3 is 2.62 bits per heavy atom. The van der Waals surface area contributed by atoms with Crippen molar-refractivity contribution in [3.8, 4) is 5.75 Å². The molecule has 12 heteroatoms. The number of primary amides is 1. The van der Waals surface area contributed by atoms with Gasteiger partial charge in [0.2, 0.25) is 5.79 Å². The van der Waals surface area contributed by atoms with Crippen LogP contribution in [0.5, 0.6) is 5.75 Å². The largest absolute Gasteiger partial charge is 0.489 e. The zero-order chi connectivity index (χ0) is 27.6. The number of aryl methyl sites for hydroxylation is 1. The molecule has 0 radical (unpaired) electrons. The molecular formula is C27H30Cl3N5O4. The summed E-state index contributed by atoms with van der Waals surface area (Å²) in [7, 11) is 0. The molecule has 9 nitrogen and oxygen atoms in total. The van der Waals surface area contributed by atoms with E-state index in [1.165, 1.54) is 0 Å². The Hall–Kier alpha value is -2.53. The number of aromatic nitrogens is 2. The highest BCUT2D eigenvalue weighted by Crippen LogP contribution is 2.41. The molecule has 2 N–H and O–H groups in total. The molecule has 0 aliphatic carbocycles. The molecular weight excluding hydrogens is 565 g/mol. The predicted molar refractivity (Wildman–Crippen MR) is 149 cm³/mol. The van der Waals surface area contributed by atoms with Crippen LogP contribution >= 0.6 is 34.8 Å². The van der Waals surface area contributed by atoms with Crippen molar-refractivity contribution < 1.29 is 19.0 Å². The van der Waals surface area contributed by atoms with E-state index in [1.54, 1.807) is 29.6 Å². The molecule has 2 unspecified atom stereocenters. The first-order valence-electron chi connectivity index (χ1n) is 12.6. The summed E-state index contributed by atoms with van der Waals surface area (Å²) in [6.07, 6.45) is 4.87. The number of carbonyl (C=O) groups is 1. The van der Waals surface area contributed by atoms with Gasteiger partial charge < -0.3 is 29.4 Å². The molecule has 2 saturated heterocycles. The molecule has 208 valence electrons. The Morgan fingerprint density at radius 1 is 1.15 bits per heavy atom. The molecule has 2 aromatic carbocycles. The van der Waals surface area contributed by atoms with Gasteiger partial charge in [-0.3, -0.25) is 4.90 Å². The van der Waals surface area contributed by atoms with Crippen LogP contribution in [-0.4, -0.2) is 70.9 Å². The molecule has 2 aliphatic rings. The summed E-state index contributed by atoms with van der Waals surface area (Å²) in [5.41, 5.74) is 8.07. The molecule has 2 fully saturated rings. The molecule has 2 aliphatic heterocycles. The van der Waals surface area contributed by atoms with Crippen molar-refractivity contribution in [1.82, 2.24) is 19.4 Å². The molecule has 0 saturated carbocycles. The number of piperazine rings is 1. The second-order valence-corrected chi connectivity index (χ2v) is 11.0. The van der Waals surface area contributed by atoms with Crippen LogP contribution in [0.25, 0.3) is 0 Å². The van der Waals surface area contributed by atoms with Crippen LogP contribution in [-0.2, 0) is 28.4 Å². The molecule has 2 amide bonds. The molecule has 5 rings (SSSR count). The maximum Gasteiger partial charge on any atom is 0.314 e. The van der Waals surface area contributed by atoms with Gasteiger partial charge in [-0.1, -0.05) is 46.9 Å². The van der Waals surface area contributed by atoms with Crippen LogP contribution in [0.2, 0.25) is 15.1 Å². The van der Waals surface area contributed by atoms with Crippen LogP contribution in [0, 0.1) is 6.92 Å². The van der Waals surface area contributed by atoms with Crippen LogP contribution in [0.15, 0.2) is 49.1 Å². The summed E-state index contributed by atoms with van der Waals surface area (Å²) in [6, 6.07) is 8.88. The number of imidazole rings is 1. The van der Waals surface area contributed by atoms with Gasteiger partial charge in [0.15, 0.2) is 0 Å². The van der Waals surface area contributed by atoms with E-state index in [9.17, 15) is 4.79 Å². The quantitative estimate of drug-likeness (QED) is 0.407. The maximum absolute atomic E-state index is 11.4. The van der Waals surface area contributed by atoms with E-state index in [2.05, 4.69) is 16.0 Å². The highest BCUT2D eigenvalue weighted by atomic mass is 35.5. The van der Waals surface area contributed by atoms with Gasteiger partial charge in [-0.2, -0.15) is 0 Å². The summed E-state index contributed by atoms with van der Waals surface area (Å²) >= 11 is 19.4. The number of ether oxygens (including phenoxy) is 3. The number of amides is 2. The zero-order valence-corrected chi connectivity index (χ0v) is 23.8. The summed E-state index contributed by atoms with van der Waals surface area (Å²) in [5, 5.41) is 1.51. The van der Waals surface area contributed by atoms with E-state index in [-0.39, 0.29) is 18.7 Å². The average Bonchev–Trinajstić information content (AvgIpc) is 3.54. The standard InChI is InChI=1S/C27H30Cl3N5O4/c1-18-10-19(13-33-6-8-35(9-7-33)26(31)36)11-24(30)25(18)37-14-21-15-38-27(39-21,16-34-5-4-32-17-34)22-3-2-20(28)12-23(22)29/h2-5,10-12,17,21H,6-9,13-16H2,1H3,(H2,31,36).